The number of aliphatic hydroxyl groups is 2. The molecule has 0 aliphatic rings. The van der Waals surface area contributed by atoms with Crippen molar-refractivity contribution in [3.05, 3.63) is 37.5 Å². The van der Waals surface area contributed by atoms with E-state index in [9.17, 15) is 24.3 Å². The molecule has 0 aromatic carbocycles. The lowest BCUT2D eigenvalue weighted by molar-refractivity contribution is -0.873. The third-order valence-corrected chi connectivity index (χ3v) is 6.97. The van der Waals surface area contributed by atoms with E-state index in [0.717, 1.165) is 6.08 Å². The van der Waals surface area contributed by atoms with E-state index in [1.165, 1.54) is 6.08 Å². The minimum atomic E-state index is -0.627. The molecule has 0 aromatic rings. The molecule has 0 amide bonds. The maximum absolute atomic E-state index is 11.0. The van der Waals surface area contributed by atoms with Gasteiger partial charge in [-0.05, 0) is 25.3 Å². The van der Waals surface area contributed by atoms with Crippen LogP contribution < -0.4 is 12.4 Å². The molecule has 0 bridgehead atoms. The number of esters is 2. The van der Waals surface area contributed by atoms with Crippen molar-refractivity contribution in [3.63, 3.8) is 0 Å². The number of carbonyl (C=O) groups excluding carboxylic acids is 4. The molecule has 1 unspecified atom stereocenters. The van der Waals surface area contributed by atoms with Crippen molar-refractivity contribution in [1.82, 2.24) is 0 Å². The maximum Gasteiger partial charge on any atom is 0.333 e. The largest absolute Gasteiger partial charge is 1.00 e. The highest BCUT2D eigenvalue weighted by Crippen LogP contribution is 2.25. The van der Waals surface area contributed by atoms with E-state index in [2.05, 4.69) is 19.7 Å². The summed E-state index contributed by atoms with van der Waals surface area (Å²) in [6.45, 7) is 26.3. The molecule has 0 saturated heterocycles. The van der Waals surface area contributed by atoms with Crippen LogP contribution in [-0.2, 0) is 71.3 Å². The number of carbonyl (C=O) groups is 4. The van der Waals surface area contributed by atoms with Gasteiger partial charge >= 0.3 is 11.9 Å². The Kier molecular flexibility index (Phi) is 49.2. The van der Waals surface area contributed by atoms with E-state index in [1.807, 2.05) is 35.0 Å². The highest BCUT2D eigenvalue weighted by Gasteiger charge is 2.22. The Morgan fingerprint density at radius 2 is 0.919 bits per heavy atom. The first-order valence-corrected chi connectivity index (χ1v) is 20.5. The highest BCUT2D eigenvalue weighted by molar-refractivity contribution is 5.90. The second kappa shape index (κ2) is 46.3. The molecule has 1 atom stereocenters. The third-order valence-electron chi connectivity index (χ3n) is 6.97. The summed E-state index contributed by atoms with van der Waals surface area (Å²) >= 11 is 0. The zero-order valence-electron chi connectivity index (χ0n) is 38.7. The summed E-state index contributed by atoms with van der Waals surface area (Å²) in [6, 6.07) is 0. The molecule has 0 aromatic heterocycles. The van der Waals surface area contributed by atoms with Gasteiger partial charge in [-0.2, -0.15) is 0 Å². The van der Waals surface area contributed by atoms with Gasteiger partial charge in [-0.15, -0.1) is 0 Å². The van der Waals surface area contributed by atoms with Crippen LogP contribution >= 0.6 is 0 Å². The number of halogens is 1. The van der Waals surface area contributed by atoms with Crippen molar-refractivity contribution >= 4 is 23.5 Å². The molecule has 62 heavy (non-hydrogen) atoms. The number of aliphatic hydroxyl groups excluding tert-OH is 2. The molecular formula is C43H80ClNO17. The van der Waals surface area contributed by atoms with Gasteiger partial charge in [0.2, 0.25) is 0 Å². The maximum atomic E-state index is 11.0. The number of ketones is 2. The summed E-state index contributed by atoms with van der Waals surface area (Å²) in [5.74, 6) is -0.789. The van der Waals surface area contributed by atoms with Crippen LogP contribution in [0.3, 0.4) is 0 Å². The summed E-state index contributed by atoms with van der Waals surface area (Å²) in [5.41, 5.74) is 0.124. The van der Waals surface area contributed by atoms with Gasteiger partial charge in [-0.3, -0.25) is 4.79 Å². The first kappa shape index (κ1) is 65.9. The van der Waals surface area contributed by atoms with E-state index in [4.69, 9.17) is 57.2 Å². The van der Waals surface area contributed by atoms with Crippen molar-refractivity contribution in [2.24, 2.45) is 5.41 Å². The molecule has 0 saturated carbocycles. The fraction of sp³-hybridized carbons (Fsp3) is 0.767. The molecule has 0 aliphatic heterocycles. The van der Waals surface area contributed by atoms with E-state index >= 15 is 0 Å². The van der Waals surface area contributed by atoms with Gasteiger partial charge in [0.1, 0.15) is 31.6 Å². The number of nitrogens with zero attached hydrogens (tertiary/aromatic N) is 1. The minimum Gasteiger partial charge on any atom is -1.00 e. The molecule has 366 valence electrons. The molecule has 0 fully saturated rings. The number of Topliss-reactive ketones (excluding diaryl/α,β-unsaturated/α-hetero) is 1. The van der Waals surface area contributed by atoms with Crippen LogP contribution in [0.1, 0.15) is 40.5 Å². The van der Waals surface area contributed by atoms with Gasteiger partial charge in [0.15, 0.2) is 5.78 Å². The second-order valence-corrected chi connectivity index (χ2v) is 15.0. The van der Waals surface area contributed by atoms with E-state index in [0.29, 0.717) is 148 Å². The van der Waals surface area contributed by atoms with Crippen LogP contribution in [0.5, 0.6) is 0 Å². The van der Waals surface area contributed by atoms with Crippen molar-refractivity contribution in [3.8, 4) is 0 Å². The molecule has 0 radical (unpaired) electrons. The zero-order chi connectivity index (χ0) is 46.6. The topological polar surface area (TPSA) is 210 Å². The van der Waals surface area contributed by atoms with Crippen LogP contribution in [0.25, 0.3) is 0 Å². The standard InChI is InChI=1S/C23H44O12.C10H20NO3.C10H16O2.ClH/c1-2-23(25)35-22-21-34-20-19-33-18-17-32-16-15-31-14-13-30-12-11-29-10-9-28-8-7-27-6-5-26-4-3-24;1-8(2)10(13)14-7-9(12)6-11(3,4)5;1-5-9(12)7-10(3,4)6-8(2)11;/h2,24H,1,3-22H2;9,12H,1,6-7H2,2-5H3;5H,1,6-7H2,2-4H3;1H/q;+1;;/p-1. The Hall–Kier alpha value is -2.69. The smallest absolute Gasteiger partial charge is 0.333 e. The highest BCUT2D eigenvalue weighted by atomic mass is 35.5. The Balaban J connectivity index is -0.000000508. The van der Waals surface area contributed by atoms with Gasteiger partial charge in [0.05, 0.1) is 147 Å². The number of likely N-dealkylation sites (N-methyl/N-ethyl adjacent to an activating group) is 1. The second-order valence-electron chi connectivity index (χ2n) is 15.0. The van der Waals surface area contributed by atoms with Crippen LogP contribution in [0.2, 0.25) is 0 Å². The van der Waals surface area contributed by atoms with Crippen molar-refractivity contribution in [1.29, 1.82) is 0 Å². The van der Waals surface area contributed by atoms with Crippen LogP contribution in [-0.4, -0.2) is 211 Å². The van der Waals surface area contributed by atoms with Gasteiger partial charge in [0, 0.05) is 24.5 Å². The van der Waals surface area contributed by atoms with Gasteiger partial charge in [0.25, 0.3) is 0 Å². The van der Waals surface area contributed by atoms with Crippen molar-refractivity contribution in [2.45, 2.75) is 46.6 Å². The predicted octanol–water partition coefficient (Wildman–Crippen LogP) is -0.829. The van der Waals surface area contributed by atoms with Crippen LogP contribution in [0.4, 0.5) is 0 Å². The molecule has 0 spiro atoms. The molecular weight excluding hydrogens is 838 g/mol. The predicted molar refractivity (Wildman–Crippen MR) is 229 cm³/mol. The van der Waals surface area contributed by atoms with Gasteiger partial charge in [-0.25, -0.2) is 9.59 Å². The van der Waals surface area contributed by atoms with Crippen LogP contribution in [0.15, 0.2) is 37.5 Å². The lowest BCUT2D eigenvalue weighted by Crippen LogP contribution is -3.00. The van der Waals surface area contributed by atoms with Gasteiger partial charge < -0.3 is 84.0 Å². The molecule has 0 aliphatic carbocycles. The normalized spacial score (nSPS) is 11.4. The lowest BCUT2D eigenvalue weighted by Gasteiger charge is -2.26. The third kappa shape index (κ3) is 57.3. The molecule has 0 rings (SSSR count). The molecule has 18 nitrogen and oxygen atoms in total. The van der Waals surface area contributed by atoms with Crippen molar-refractivity contribution in [2.75, 3.05) is 166 Å². The minimum absolute atomic E-state index is 0. The summed E-state index contributed by atoms with van der Waals surface area (Å²) in [4.78, 5) is 43.5. The number of allylic oxidation sites excluding steroid dienone is 1. The number of hydrogen-bond donors (Lipinski definition) is 2. The van der Waals surface area contributed by atoms with E-state index in [1.54, 1.807) is 13.8 Å². The average molecular weight is 919 g/mol. The first-order chi connectivity index (χ1) is 28.9. The Bertz CT molecular complexity index is 1130. The first-order valence-electron chi connectivity index (χ1n) is 20.5. The molecule has 2 N–H and O–H groups in total. The fourth-order valence-electron chi connectivity index (χ4n) is 4.45. The van der Waals surface area contributed by atoms with Gasteiger partial charge in [-0.1, -0.05) is 33.6 Å². The summed E-state index contributed by atoms with van der Waals surface area (Å²) in [5, 5.41) is 18.0. The summed E-state index contributed by atoms with van der Waals surface area (Å²) in [6.07, 6.45) is 2.64. The Labute approximate surface area is 377 Å². The SMILES string of the molecule is C=C(C)C(=O)OCC(O)C[N+](C)(C)C.C=CC(=O)CC(C)(C)CC(C)=O.C=CC(=O)OCCOCCOCCOCCOCCOCCOCCOCCOCCOCCO.[Cl-]. The monoisotopic (exact) mass is 918 g/mol. The summed E-state index contributed by atoms with van der Waals surface area (Å²) in [7, 11) is 5.89. The van der Waals surface area contributed by atoms with E-state index in [-0.39, 0.29) is 49.2 Å². The Morgan fingerprint density at radius 1 is 0.581 bits per heavy atom. The van der Waals surface area contributed by atoms with Crippen molar-refractivity contribution < 1.29 is 98.4 Å². The quantitative estimate of drug-likeness (QED) is 0.0333. The molecule has 19 heteroatoms. The number of ether oxygens (including phenoxy) is 11. The molecule has 0 heterocycles. The average Bonchev–Trinajstić information content (AvgIpc) is 3.18. The fourth-order valence-corrected chi connectivity index (χ4v) is 4.45. The van der Waals surface area contributed by atoms with E-state index < -0.39 is 18.0 Å². The van der Waals surface area contributed by atoms with Crippen LogP contribution in [0, 0.1) is 5.41 Å². The number of rotatable bonds is 40. The Morgan fingerprint density at radius 3 is 1.19 bits per heavy atom. The lowest BCUT2D eigenvalue weighted by atomic mass is 9.83. The summed E-state index contributed by atoms with van der Waals surface area (Å²) < 4.78 is 58.2. The number of quaternary nitrogens is 1. The number of hydrogen-bond acceptors (Lipinski definition) is 17. The zero-order valence-corrected chi connectivity index (χ0v) is 39.4.